The second-order valence-electron chi connectivity index (χ2n) is 7.78. The zero-order valence-corrected chi connectivity index (χ0v) is 15.8. The molecule has 0 aliphatic heterocycles. The third-order valence-corrected chi connectivity index (χ3v) is 6.02. The fraction of sp³-hybridized carbons (Fsp3) is 0.348. The molecule has 0 unspecified atom stereocenters. The minimum Gasteiger partial charge on any atom is -0.455 e. The lowest BCUT2D eigenvalue weighted by Crippen LogP contribution is -2.37. The van der Waals surface area contributed by atoms with Crippen LogP contribution in [0.25, 0.3) is 0 Å². The number of carbonyl (C=O) groups excluding carboxylic acids is 3. The van der Waals surface area contributed by atoms with Crippen molar-refractivity contribution in [2.75, 3.05) is 11.9 Å². The smallest absolute Gasteiger partial charge is 0.310 e. The standard InChI is InChI=1S/C23H22FNO4/c24-17-8-10-18(11-9-17)25-19(26)13-29-23(28)21-16-7-6-15(12-16)20(21)22(27)14-4-2-1-3-5-14/h1-5,8-11,15-16,20-21H,6-7,12-13H2,(H,25,26)/t15-,16-,20-,21-/m0/s1. The molecule has 0 spiro atoms. The monoisotopic (exact) mass is 395 g/mol. The van der Waals surface area contributed by atoms with Crippen LogP contribution in [0.5, 0.6) is 0 Å². The highest BCUT2D eigenvalue weighted by molar-refractivity contribution is 6.01. The third-order valence-electron chi connectivity index (χ3n) is 6.02. The maximum atomic E-state index is 13.0. The number of rotatable bonds is 6. The van der Waals surface area contributed by atoms with Gasteiger partial charge in [-0.3, -0.25) is 14.4 Å². The summed E-state index contributed by atoms with van der Waals surface area (Å²) in [6, 6.07) is 14.3. The molecule has 1 amide bonds. The average Bonchev–Trinajstić information content (AvgIpc) is 3.35. The Morgan fingerprint density at radius 2 is 1.59 bits per heavy atom. The molecule has 2 aliphatic rings. The maximum absolute atomic E-state index is 13.0. The Morgan fingerprint density at radius 1 is 0.931 bits per heavy atom. The lowest BCUT2D eigenvalue weighted by atomic mass is 9.75. The Labute approximate surface area is 168 Å². The molecule has 0 aromatic heterocycles. The number of ketones is 1. The summed E-state index contributed by atoms with van der Waals surface area (Å²) in [5.74, 6) is -1.97. The first kappa shape index (κ1) is 19.3. The Kier molecular flexibility index (Phi) is 5.43. The van der Waals surface area contributed by atoms with Gasteiger partial charge in [0.2, 0.25) is 0 Å². The van der Waals surface area contributed by atoms with E-state index in [2.05, 4.69) is 5.32 Å². The molecule has 6 heteroatoms. The summed E-state index contributed by atoms with van der Waals surface area (Å²) in [7, 11) is 0. The van der Waals surface area contributed by atoms with Crippen molar-refractivity contribution in [1.29, 1.82) is 0 Å². The summed E-state index contributed by atoms with van der Waals surface area (Å²) in [4.78, 5) is 37.9. The topological polar surface area (TPSA) is 72.5 Å². The number of Topliss-reactive ketones (excluding diaryl/α,β-unsaturated/α-hetero) is 1. The first-order valence-electron chi connectivity index (χ1n) is 9.84. The van der Waals surface area contributed by atoms with Gasteiger partial charge in [0.05, 0.1) is 5.92 Å². The van der Waals surface area contributed by atoms with Crippen molar-refractivity contribution in [3.63, 3.8) is 0 Å². The van der Waals surface area contributed by atoms with E-state index < -0.39 is 30.2 Å². The van der Waals surface area contributed by atoms with Gasteiger partial charge in [-0.25, -0.2) is 4.39 Å². The van der Waals surface area contributed by atoms with Crippen molar-refractivity contribution in [3.05, 3.63) is 66.0 Å². The van der Waals surface area contributed by atoms with Crippen LogP contribution in [-0.4, -0.2) is 24.3 Å². The van der Waals surface area contributed by atoms with Crippen molar-refractivity contribution < 1.29 is 23.5 Å². The fourth-order valence-electron chi connectivity index (χ4n) is 4.77. The molecular formula is C23H22FNO4. The van der Waals surface area contributed by atoms with E-state index in [0.29, 0.717) is 11.3 Å². The van der Waals surface area contributed by atoms with E-state index in [1.54, 1.807) is 12.1 Å². The molecule has 5 nitrogen and oxygen atoms in total. The van der Waals surface area contributed by atoms with E-state index in [1.165, 1.54) is 24.3 Å². The van der Waals surface area contributed by atoms with E-state index in [4.69, 9.17) is 4.74 Å². The van der Waals surface area contributed by atoms with Gasteiger partial charge in [0, 0.05) is 17.2 Å². The SMILES string of the molecule is O=C(COC(=O)[C@H]1[C@H]2CC[C@@H](C2)[C@@H]1C(=O)c1ccccc1)Nc1ccc(F)cc1. The van der Waals surface area contributed by atoms with E-state index in [-0.39, 0.29) is 23.5 Å². The molecule has 4 atom stereocenters. The van der Waals surface area contributed by atoms with Crippen molar-refractivity contribution in [3.8, 4) is 0 Å². The molecule has 2 aliphatic carbocycles. The number of fused-ring (bicyclic) bond motifs is 2. The number of benzene rings is 2. The highest BCUT2D eigenvalue weighted by atomic mass is 19.1. The molecular weight excluding hydrogens is 373 g/mol. The number of esters is 1. The average molecular weight is 395 g/mol. The number of nitrogens with one attached hydrogen (secondary N) is 1. The van der Waals surface area contributed by atoms with Gasteiger partial charge in [0.25, 0.3) is 5.91 Å². The van der Waals surface area contributed by atoms with Crippen LogP contribution in [0, 0.1) is 29.5 Å². The normalized spacial score (nSPS) is 24.9. The number of hydrogen-bond donors (Lipinski definition) is 1. The van der Waals surface area contributed by atoms with Gasteiger partial charge >= 0.3 is 5.97 Å². The van der Waals surface area contributed by atoms with Crippen LogP contribution in [0.2, 0.25) is 0 Å². The maximum Gasteiger partial charge on any atom is 0.310 e. The van der Waals surface area contributed by atoms with Gasteiger partial charge in [0.15, 0.2) is 12.4 Å². The molecule has 0 saturated heterocycles. The number of halogens is 1. The van der Waals surface area contributed by atoms with Crippen LogP contribution in [-0.2, 0) is 14.3 Å². The summed E-state index contributed by atoms with van der Waals surface area (Å²) >= 11 is 0. The molecule has 0 radical (unpaired) electrons. The van der Waals surface area contributed by atoms with Gasteiger partial charge in [-0.2, -0.15) is 0 Å². The van der Waals surface area contributed by atoms with Gasteiger partial charge in [0.1, 0.15) is 5.82 Å². The Hall–Kier alpha value is -3.02. The second kappa shape index (κ2) is 8.15. The predicted octanol–water partition coefficient (Wildman–Crippen LogP) is 3.85. The molecule has 29 heavy (non-hydrogen) atoms. The van der Waals surface area contributed by atoms with Crippen LogP contribution in [0.1, 0.15) is 29.6 Å². The summed E-state index contributed by atoms with van der Waals surface area (Å²) in [6.45, 7) is -0.434. The number of amides is 1. The first-order chi connectivity index (χ1) is 14.0. The van der Waals surface area contributed by atoms with E-state index in [1.807, 2.05) is 18.2 Å². The van der Waals surface area contributed by atoms with E-state index in [0.717, 1.165) is 19.3 Å². The van der Waals surface area contributed by atoms with Crippen molar-refractivity contribution in [1.82, 2.24) is 0 Å². The highest BCUT2D eigenvalue weighted by Crippen LogP contribution is 2.53. The minimum absolute atomic E-state index is 0.0180. The van der Waals surface area contributed by atoms with Crippen LogP contribution in [0.4, 0.5) is 10.1 Å². The van der Waals surface area contributed by atoms with Gasteiger partial charge < -0.3 is 10.1 Å². The molecule has 2 aromatic rings. The molecule has 0 heterocycles. The largest absolute Gasteiger partial charge is 0.455 e. The van der Waals surface area contributed by atoms with Gasteiger partial charge in [-0.15, -0.1) is 0 Å². The summed E-state index contributed by atoms with van der Waals surface area (Å²) < 4.78 is 18.2. The van der Waals surface area contributed by atoms with E-state index >= 15 is 0 Å². The van der Waals surface area contributed by atoms with Crippen LogP contribution >= 0.6 is 0 Å². The number of carbonyl (C=O) groups is 3. The Balaban J connectivity index is 1.39. The number of ether oxygens (including phenoxy) is 1. The molecule has 1 N–H and O–H groups in total. The van der Waals surface area contributed by atoms with Crippen LogP contribution in [0.3, 0.4) is 0 Å². The Morgan fingerprint density at radius 3 is 2.28 bits per heavy atom. The zero-order valence-electron chi connectivity index (χ0n) is 15.8. The number of anilines is 1. The second-order valence-corrected chi connectivity index (χ2v) is 7.78. The number of hydrogen-bond acceptors (Lipinski definition) is 4. The van der Waals surface area contributed by atoms with Crippen molar-refractivity contribution in [2.45, 2.75) is 19.3 Å². The molecule has 2 saturated carbocycles. The molecule has 150 valence electrons. The van der Waals surface area contributed by atoms with Crippen LogP contribution < -0.4 is 5.32 Å². The summed E-state index contributed by atoms with van der Waals surface area (Å²) in [5, 5.41) is 2.56. The summed E-state index contributed by atoms with van der Waals surface area (Å²) in [5.41, 5.74) is 1.03. The molecule has 2 bridgehead atoms. The quantitative estimate of drug-likeness (QED) is 0.596. The zero-order chi connectivity index (χ0) is 20.4. The van der Waals surface area contributed by atoms with Crippen LogP contribution in [0.15, 0.2) is 54.6 Å². The first-order valence-corrected chi connectivity index (χ1v) is 9.84. The van der Waals surface area contributed by atoms with E-state index in [9.17, 15) is 18.8 Å². The van der Waals surface area contributed by atoms with Crippen molar-refractivity contribution >= 4 is 23.3 Å². The predicted molar refractivity (Wildman–Crippen MR) is 105 cm³/mol. The minimum atomic E-state index is -0.501. The van der Waals surface area contributed by atoms with Crippen molar-refractivity contribution in [2.24, 2.45) is 23.7 Å². The lowest BCUT2D eigenvalue weighted by molar-refractivity contribution is -0.154. The summed E-state index contributed by atoms with van der Waals surface area (Å²) in [6.07, 6.45) is 2.71. The fourth-order valence-corrected chi connectivity index (χ4v) is 4.77. The van der Waals surface area contributed by atoms with Gasteiger partial charge in [-0.1, -0.05) is 30.3 Å². The van der Waals surface area contributed by atoms with Gasteiger partial charge in [-0.05, 0) is 55.4 Å². The molecule has 2 aromatic carbocycles. The molecule has 4 rings (SSSR count). The molecule has 2 fully saturated rings. The Bertz CT molecular complexity index is 912. The highest BCUT2D eigenvalue weighted by Gasteiger charge is 2.54. The third kappa shape index (κ3) is 4.06. The lowest BCUT2D eigenvalue weighted by Gasteiger charge is -2.28.